The van der Waals surface area contributed by atoms with E-state index in [1.54, 1.807) is 0 Å². The number of rotatable bonds is 7. The van der Waals surface area contributed by atoms with E-state index in [9.17, 15) is 19.5 Å². The van der Waals surface area contributed by atoms with Gasteiger partial charge in [0.1, 0.15) is 17.4 Å². The minimum absolute atomic E-state index is 0.124. The maximum atomic E-state index is 12.1. The second-order valence-electron chi connectivity index (χ2n) is 5.57. The maximum absolute atomic E-state index is 12.1. The average Bonchev–Trinajstić information content (AvgIpc) is 2.65. The van der Waals surface area contributed by atoms with Crippen molar-refractivity contribution < 1.29 is 29.0 Å². The van der Waals surface area contributed by atoms with E-state index in [1.807, 2.05) is 30.3 Å². The van der Waals surface area contributed by atoms with E-state index in [2.05, 4.69) is 5.32 Å². The van der Waals surface area contributed by atoms with Crippen LogP contribution >= 0.6 is 11.6 Å². The van der Waals surface area contributed by atoms with Crippen LogP contribution in [0.5, 0.6) is 5.75 Å². The second-order valence-corrected chi connectivity index (χ2v) is 6.01. The van der Waals surface area contributed by atoms with Crippen molar-refractivity contribution in [3.8, 4) is 5.75 Å². The third-order valence-electron chi connectivity index (χ3n) is 3.62. The molecule has 0 bridgehead atoms. The molecule has 0 saturated heterocycles. The lowest BCUT2D eigenvalue weighted by atomic mass is 10.1. The third-order valence-corrected chi connectivity index (χ3v) is 3.85. The van der Waals surface area contributed by atoms with Gasteiger partial charge in [-0.1, -0.05) is 41.9 Å². The summed E-state index contributed by atoms with van der Waals surface area (Å²) in [4.78, 5) is 35.9. The summed E-state index contributed by atoms with van der Waals surface area (Å²) in [5.74, 6) is -2.54. The summed E-state index contributed by atoms with van der Waals surface area (Å²) < 4.78 is 9.57. The Kier molecular flexibility index (Phi) is 7.19. The number of hydrogen-bond donors (Lipinski definition) is 2. The van der Waals surface area contributed by atoms with E-state index in [4.69, 9.17) is 21.1 Å². The molecule has 7 nitrogen and oxygen atoms in total. The lowest BCUT2D eigenvalue weighted by Crippen LogP contribution is -2.44. The number of methoxy groups -OCH3 is 1. The first-order valence-electron chi connectivity index (χ1n) is 7.97. The molecule has 0 heterocycles. The van der Waals surface area contributed by atoms with Gasteiger partial charge in [0.15, 0.2) is 6.61 Å². The van der Waals surface area contributed by atoms with Crippen LogP contribution in [0.1, 0.15) is 15.9 Å². The van der Waals surface area contributed by atoms with Crippen LogP contribution in [0.25, 0.3) is 0 Å². The largest absolute Gasteiger partial charge is 0.507 e. The molecule has 0 aromatic heterocycles. The Hall–Kier alpha value is -3.06. The van der Waals surface area contributed by atoms with Crippen molar-refractivity contribution in [3.63, 3.8) is 0 Å². The highest BCUT2D eigenvalue weighted by Crippen LogP contribution is 2.22. The molecule has 1 amide bonds. The number of halogens is 1. The number of nitrogens with one attached hydrogen (secondary N) is 1. The molecular formula is C19H18ClNO6. The summed E-state index contributed by atoms with van der Waals surface area (Å²) in [5.41, 5.74) is 0.706. The van der Waals surface area contributed by atoms with Crippen LogP contribution in [0.15, 0.2) is 48.5 Å². The fraction of sp³-hybridized carbons (Fsp3) is 0.211. The molecule has 0 saturated carbocycles. The highest BCUT2D eigenvalue weighted by Gasteiger charge is 2.23. The molecule has 0 fully saturated rings. The molecular weight excluding hydrogens is 374 g/mol. The van der Waals surface area contributed by atoms with Crippen LogP contribution < -0.4 is 5.32 Å². The Morgan fingerprint density at radius 3 is 2.48 bits per heavy atom. The molecule has 2 aromatic carbocycles. The molecule has 0 unspecified atom stereocenters. The summed E-state index contributed by atoms with van der Waals surface area (Å²) >= 11 is 5.70. The zero-order valence-corrected chi connectivity index (χ0v) is 15.2. The van der Waals surface area contributed by atoms with Gasteiger partial charge in [-0.2, -0.15) is 0 Å². The number of aromatic hydroxyl groups is 1. The number of carbonyl (C=O) groups is 3. The normalized spacial score (nSPS) is 11.3. The summed E-state index contributed by atoms with van der Waals surface area (Å²) in [6, 6.07) is 12.0. The van der Waals surface area contributed by atoms with Gasteiger partial charge in [0, 0.05) is 11.4 Å². The number of ether oxygens (including phenoxy) is 2. The predicted octanol–water partition coefficient (Wildman–Crippen LogP) is 2.10. The van der Waals surface area contributed by atoms with Gasteiger partial charge in [-0.15, -0.1) is 0 Å². The standard InChI is InChI=1S/C19H18ClNO6/c1-26-19(25)15(9-12-5-3-2-4-6-12)21-17(23)11-27-18(24)14-8-7-13(20)10-16(14)22/h2-8,10,15,22H,9,11H2,1H3,(H,21,23)/t15-/m0/s1. The molecule has 2 N–H and O–H groups in total. The van der Waals surface area contributed by atoms with Gasteiger partial charge in [-0.3, -0.25) is 4.79 Å². The van der Waals surface area contributed by atoms with Crippen LogP contribution in [0, 0.1) is 0 Å². The number of phenols is 1. The molecule has 0 spiro atoms. The minimum Gasteiger partial charge on any atom is -0.507 e. The minimum atomic E-state index is -0.924. The highest BCUT2D eigenvalue weighted by molar-refractivity contribution is 6.30. The Morgan fingerprint density at radius 2 is 1.85 bits per heavy atom. The van der Waals surface area contributed by atoms with Crippen LogP contribution in [-0.2, 0) is 25.5 Å². The number of phenolic OH excluding ortho intramolecular Hbond substituents is 1. The number of carbonyl (C=O) groups excluding carboxylic acids is 3. The number of esters is 2. The van der Waals surface area contributed by atoms with E-state index in [-0.39, 0.29) is 22.8 Å². The van der Waals surface area contributed by atoms with Crippen LogP contribution in [0.4, 0.5) is 0 Å². The van der Waals surface area contributed by atoms with Crippen molar-refractivity contribution in [1.82, 2.24) is 5.32 Å². The molecule has 27 heavy (non-hydrogen) atoms. The monoisotopic (exact) mass is 391 g/mol. The fourth-order valence-electron chi connectivity index (χ4n) is 2.31. The van der Waals surface area contributed by atoms with E-state index in [0.29, 0.717) is 0 Å². The van der Waals surface area contributed by atoms with Crippen molar-refractivity contribution in [2.75, 3.05) is 13.7 Å². The quantitative estimate of drug-likeness (QED) is 0.701. The van der Waals surface area contributed by atoms with E-state index < -0.39 is 30.5 Å². The zero-order valence-electron chi connectivity index (χ0n) is 14.5. The first-order chi connectivity index (χ1) is 12.9. The van der Waals surface area contributed by atoms with E-state index >= 15 is 0 Å². The lowest BCUT2D eigenvalue weighted by Gasteiger charge is -2.16. The Morgan fingerprint density at radius 1 is 1.15 bits per heavy atom. The first-order valence-corrected chi connectivity index (χ1v) is 8.35. The molecule has 0 aliphatic rings. The molecule has 2 rings (SSSR count). The number of hydrogen-bond acceptors (Lipinski definition) is 6. The zero-order chi connectivity index (χ0) is 19.8. The highest BCUT2D eigenvalue weighted by atomic mass is 35.5. The number of benzene rings is 2. The van der Waals surface area contributed by atoms with Crippen LogP contribution in [-0.4, -0.2) is 42.7 Å². The molecule has 2 aromatic rings. The lowest BCUT2D eigenvalue weighted by molar-refractivity contribution is -0.145. The van der Waals surface area contributed by atoms with E-state index in [0.717, 1.165) is 5.56 Å². The Balaban J connectivity index is 1.94. The predicted molar refractivity (Wildman–Crippen MR) is 97.5 cm³/mol. The Labute approximate surface area is 160 Å². The molecule has 0 aliphatic heterocycles. The topological polar surface area (TPSA) is 102 Å². The van der Waals surface area contributed by atoms with Gasteiger partial charge in [-0.05, 0) is 23.8 Å². The van der Waals surface area contributed by atoms with Crippen molar-refractivity contribution in [1.29, 1.82) is 0 Å². The molecule has 1 atom stereocenters. The van der Waals surface area contributed by atoms with Gasteiger partial charge >= 0.3 is 11.9 Å². The second kappa shape index (κ2) is 9.59. The first kappa shape index (κ1) is 20.3. The van der Waals surface area contributed by atoms with Gasteiger partial charge in [-0.25, -0.2) is 9.59 Å². The van der Waals surface area contributed by atoms with Gasteiger partial charge in [0.05, 0.1) is 7.11 Å². The SMILES string of the molecule is COC(=O)[C@H](Cc1ccccc1)NC(=O)COC(=O)c1ccc(Cl)cc1O. The van der Waals surface area contributed by atoms with Crippen molar-refractivity contribution >= 4 is 29.4 Å². The maximum Gasteiger partial charge on any atom is 0.342 e. The molecule has 0 radical (unpaired) electrons. The molecule has 142 valence electrons. The van der Waals surface area contributed by atoms with Crippen LogP contribution in [0.2, 0.25) is 5.02 Å². The van der Waals surface area contributed by atoms with Crippen LogP contribution in [0.3, 0.4) is 0 Å². The van der Waals surface area contributed by atoms with Crippen molar-refractivity contribution in [2.24, 2.45) is 0 Å². The number of amides is 1. The summed E-state index contributed by atoms with van der Waals surface area (Å²) in [6.45, 7) is -0.622. The van der Waals surface area contributed by atoms with Crippen molar-refractivity contribution in [3.05, 3.63) is 64.7 Å². The third kappa shape index (κ3) is 6.00. The molecule has 0 aliphatic carbocycles. The van der Waals surface area contributed by atoms with E-state index in [1.165, 1.54) is 25.3 Å². The summed E-state index contributed by atoms with van der Waals surface area (Å²) in [7, 11) is 1.22. The average molecular weight is 392 g/mol. The smallest absolute Gasteiger partial charge is 0.342 e. The summed E-state index contributed by atoms with van der Waals surface area (Å²) in [5, 5.41) is 12.4. The van der Waals surface area contributed by atoms with Gasteiger partial charge < -0.3 is 19.9 Å². The summed E-state index contributed by atoms with van der Waals surface area (Å²) in [6.07, 6.45) is 0.227. The Bertz CT molecular complexity index is 824. The fourth-order valence-corrected chi connectivity index (χ4v) is 2.47. The van der Waals surface area contributed by atoms with Gasteiger partial charge in [0.25, 0.3) is 5.91 Å². The van der Waals surface area contributed by atoms with Gasteiger partial charge in [0.2, 0.25) is 0 Å². The molecule has 8 heteroatoms. The van der Waals surface area contributed by atoms with Crippen molar-refractivity contribution in [2.45, 2.75) is 12.5 Å².